The van der Waals surface area contributed by atoms with Crippen LogP contribution < -0.4 is 10.6 Å². The third-order valence-corrected chi connectivity index (χ3v) is 10.7. The van der Waals surface area contributed by atoms with Gasteiger partial charge < -0.3 is 67.8 Å². The summed E-state index contributed by atoms with van der Waals surface area (Å²) in [5.41, 5.74) is 3.75. The number of hydrogen-bond donors (Lipinski definition) is 3. The summed E-state index contributed by atoms with van der Waals surface area (Å²) in [6.45, 7) is 7.01. The minimum atomic E-state index is -1.91. The molecule has 3 aliphatic rings. The van der Waals surface area contributed by atoms with Crippen molar-refractivity contribution in [2.45, 2.75) is 135 Å². The van der Waals surface area contributed by atoms with Gasteiger partial charge in [0, 0.05) is 54.4 Å². The van der Waals surface area contributed by atoms with Crippen LogP contribution in [0.25, 0.3) is 11.1 Å². The fourth-order valence-electron chi connectivity index (χ4n) is 8.13. The van der Waals surface area contributed by atoms with Gasteiger partial charge >= 0.3 is 47.9 Å². The summed E-state index contributed by atoms with van der Waals surface area (Å²) in [6.07, 6.45) is -17.9. The van der Waals surface area contributed by atoms with Crippen molar-refractivity contribution in [1.29, 1.82) is 0 Å². The zero-order valence-electron chi connectivity index (χ0n) is 38.4. The van der Waals surface area contributed by atoms with E-state index in [1.54, 1.807) is 0 Å². The van der Waals surface area contributed by atoms with E-state index in [2.05, 4.69) is 10.6 Å². The molecule has 0 aromatic heterocycles. The van der Waals surface area contributed by atoms with E-state index < -0.39 is 140 Å². The van der Waals surface area contributed by atoms with Crippen LogP contribution >= 0.6 is 0 Å². The number of nitrogens with one attached hydrogen (secondary N) is 2. The van der Waals surface area contributed by atoms with Crippen molar-refractivity contribution in [1.82, 2.24) is 10.6 Å². The number of esters is 6. The lowest BCUT2D eigenvalue weighted by atomic mass is 9.94. The number of rotatable bonds is 18. The van der Waals surface area contributed by atoms with E-state index in [4.69, 9.17) is 52.1 Å². The molecule has 1 aliphatic carbocycles. The lowest BCUT2D eigenvalue weighted by Gasteiger charge is -2.49. The number of fused-ring (bicyclic) bond motifs is 3. The lowest BCUT2D eigenvalue weighted by Crippen LogP contribution is -2.69. The molecule has 3 N–H and O–H groups in total. The van der Waals surface area contributed by atoms with E-state index in [1.807, 2.05) is 48.5 Å². The second-order valence-corrected chi connectivity index (χ2v) is 15.9. The van der Waals surface area contributed by atoms with Crippen LogP contribution in [-0.4, -0.2) is 152 Å². The molecular formula is C45H54N2O21. The maximum Gasteiger partial charge on any atom is 0.407 e. The Morgan fingerprint density at radius 1 is 0.574 bits per heavy atom. The number of carbonyl (C=O) groups excluding carboxylic acids is 8. The maximum atomic E-state index is 13.3. The number of hydrogen-bond acceptors (Lipinski definition) is 20. The molecule has 2 amide bonds. The van der Waals surface area contributed by atoms with Gasteiger partial charge in [-0.15, -0.1) is 0 Å². The van der Waals surface area contributed by atoms with E-state index in [0.717, 1.165) is 70.7 Å². The number of ether oxygens (including phenoxy) is 11. The quantitative estimate of drug-likeness (QED) is 0.141. The van der Waals surface area contributed by atoms with Crippen molar-refractivity contribution in [2.75, 3.05) is 19.8 Å². The van der Waals surface area contributed by atoms with Gasteiger partial charge in [0.05, 0.1) is 6.10 Å². The molecule has 2 fully saturated rings. The molecule has 2 heterocycles. The third kappa shape index (κ3) is 13.5. The molecule has 2 aromatic carbocycles. The highest BCUT2D eigenvalue weighted by Crippen LogP contribution is 2.44. The highest BCUT2D eigenvalue weighted by molar-refractivity contribution is 5.81. The van der Waals surface area contributed by atoms with Crippen molar-refractivity contribution in [2.24, 2.45) is 0 Å². The number of benzene rings is 2. The van der Waals surface area contributed by atoms with Crippen molar-refractivity contribution in [3.05, 3.63) is 59.7 Å². The first-order valence-corrected chi connectivity index (χ1v) is 21.3. The molecule has 5 rings (SSSR count). The molecule has 2 saturated heterocycles. The van der Waals surface area contributed by atoms with Crippen LogP contribution in [0.3, 0.4) is 0 Å². The van der Waals surface area contributed by atoms with Gasteiger partial charge in [0.1, 0.15) is 44.2 Å². The zero-order chi connectivity index (χ0) is 50.0. The normalized spacial score (nSPS) is 25.9. The molecule has 370 valence electrons. The van der Waals surface area contributed by atoms with Crippen LogP contribution in [0.15, 0.2) is 48.5 Å². The Bertz CT molecular complexity index is 2170. The van der Waals surface area contributed by atoms with E-state index in [9.17, 15) is 48.3 Å². The van der Waals surface area contributed by atoms with Crippen molar-refractivity contribution >= 4 is 53.8 Å². The molecule has 2 aromatic rings. The van der Waals surface area contributed by atoms with Crippen LogP contribution in [0.1, 0.15) is 72.4 Å². The number of carboxylic acids is 1. The molecule has 0 unspecified atom stereocenters. The van der Waals surface area contributed by atoms with E-state index >= 15 is 0 Å². The van der Waals surface area contributed by atoms with Crippen molar-refractivity contribution in [3.8, 4) is 11.1 Å². The van der Waals surface area contributed by atoms with Gasteiger partial charge in [-0.1, -0.05) is 48.5 Å². The van der Waals surface area contributed by atoms with Gasteiger partial charge in [0.25, 0.3) is 0 Å². The molecule has 12 atom stereocenters. The Balaban J connectivity index is 1.46. The lowest BCUT2D eigenvalue weighted by molar-refractivity contribution is -0.352. The smallest absolute Gasteiger partial charge is 0.407 e. The topological polar surface area (TPSA) is 299 Å². The van der Waals surface area contributed by atoms with E-state index in [-0.39, 0.29) is 12.5 Å². The summed E-state index contributed by atoms with van der Waals surface area (Å²) in [7, 11) is 0. The largest absolute Gasteiger partial charge is 0.480 e. The van der Waals surface area contributed by atoms with Crippen LogP contribution in [0, 0.1) is 0 Å². The summed E-state index contributed by atoms with van der Waals surface area (Å²) in [5, 5.41) is 15.2. The van der Waals surface area contributed by atoms with Crippen molar-refractivity contribution in [3.63, 3.8) is 0 Å². The maximum absolute atomic E-state index is 13.3. The number of carboxylic acid groups (broad SMARTS) is 1. The average Bonchev–Trinajstić information content (AvgIpc) is 3.57. The van der Waals surface area contributed by atoms with Gasteiger partial charge in [-0.3, -0.25) is 33.6 Å². The Hall–Kier alpha value is -6.69. The van der Waals surface area contributed by atoms with E-state index in [1.165, 1.54) is 6.92 Å². The first-order valence-electron chi connectivity index (χ1n) is 21.3. The van der Waals surface area contributed by atoms with Gasteiger partial charge in [0.15, 0.2) is 43.0 Å². The Morgan fingerprint density at radius 2 is 1.04 bits per heavy atom. The van der Waals surface area contributed by atoms with Crippen LogP contribution in [0.2, 0.25) is 0 Å². The van der Waals surface area contributed by atoms with Crippen LogP contribution in [0.4, 0.5) is 4.79 Å². The Morgan fingerprint density at radius 3 is 1.54 bits per heavy atom. The van der Waals surface area contributed by atoms with Crippen LogP contribution in [0.5, 0.6) is 0 Å². The second kappa shape index (κ2) is 23.4. The molecule has 0 saturated carbocycles. The molecule has 2 aliphatic heterocycles. The molecular weight excluding hydrogens is 904 g/mol. The molecule has 0 radical (unpaired) electrons. The first-order chi connectivity index (χ1) is 32.1. The minimum Gasteiger partial charge on any atom is -0.480 e. The van der Waals surface area contributed by atoms with E-state index in [0.29, 0.717) is 0 Å². The Labute approximate surface area is 389 Å². The van der Waals surface area contributed by atoms with Gasteiger partial charge in [-0.25, -0.2) is 9.59 Å². The number of aliphatic carboxylic acids is 1. The van der Waals surface area contributed by atoms with Crippen LogP contribution in [-0.2, 0) is 90.5 Å². The molecule has 23 nitrogen and oxygen atoms in total. The minimum absolute atomic E-state index is 0.152. The predicted octanol–water partition coefficient (Wildman–Crippen LogP) is 1.58. The first kappa shape index (κ1) is 52.3. The fourth-order valence-corrected chi connectivity index (χ4v) is 8.13. The second-order valence-electron chi connectivity index (χ2n) is 15.9. The number of amides is 2. The summed E-state index contributed by atoms with van der Waals surface area (Å²) in [6, 6.07) is 11.7. The van der Waals surface area contributed by atoms with Crippen molar-refractivity contribution < 1.29 is 100 Å². The summed E-state index contributed by atoms with van der Waals surface area (Å²) in [4.78, 5) is 113. The summed E-state index contributed by atoms with van der Waals surface area (Å²) >= 11 is 0. The Kier molecular flexibility index (Phi) is 18.0. The molecule has 23 heteroatoms. The standard InChI is InChI=1S/C45H54N2O21/c1-20(35(42(55)56)47-45(57)60-17-32-30-15-11-9-13-28(30)29-14-10-12-16-31(29)32)61-43-36(46-21(2)48)39(63-25(6)52)37(33(66-43)18-58-22(3)49)68-44-41(65-27(8)54)40(64-26(7)53)38(62-24(5)51)34(67-44)19-59-23(4)50/h9-16,20,32-41,43-44H,17-19H2,1-8H3,(H,46,48)(H,47,57)(H,55,56)/t20-,33-,34+,35-,36+,37-,38+,39-,40-,41+,43-,44-/m1/s1. The third-order valence-electron chi connectivity index (χ3n) is 10.7. The average molecular weight is 959 g/mol. The zero-order valence-corrected chi connectivity index (χ0v) is 38.4. The summed E-state index contributed by atoms with van der Waals surface area (Å²) < 4.78 is 63.0. The number of alkyl carbamates (subject to hydrolysis) is 1. The SMILES string of the molecule is CC(=O)N[C@@H]1[C@H](O[C@H](C)[C@@H](NC(=O)OCC2c3ccccc3-c3ccccc32)C(=O)O)O[C@H](COC(C)=O)[C@@H](O[C@H]2O[C@@H](COC(C)=O)[C@H](OC(C)=O)[C@@H](OC(C)=O)[C@@H]2OC(C)=O)[C@@H]1OC(C)=O. The predicted molar refractivity (Wildman–Crippen MR) is 225 cm³/mol. The fraction of sp³-hybridized carbons (Fsp3) is 0.533. The van der Waals surface area contributed by atoms with Gasteiger partial charge in [-0.05, 0) is 29.2 Å². The molecule has 0 bridgehead atoms. The molecule has 68 heavy (non-hydrogen) atoms. The highest BCUT2D eigenvalue weighted by atomic mass is 16.8. The summed E-state index contributed by atoms with van der Waals surface area (Å²) in [5.74, 6) is -8.12. The van der Waals surface area contributed by atoms with Gasteiger partial charge in [-0.2, -0.15) is 0 Å². The number of carbonyl (C=O) groups is 9. The van der Waals surface area contributed by atoms with Gasteiger partial charge in [0.2, 0.25) is 5.91 Å². The highest BCUT2D eigenvalue weighted by Gasteiger charge is 2.57. The molecule has 0 spiro atoms. The monoisotopic (exact) mass is 958 g/mol.